The summed E-state index contributed by atoms with van der Waals surface area (Å²) in [6, 6.07) is 12.3. The van der Waals surface area contributed by atoms with E-state index in [0.29, 0.717) is 61.7 Å². The number of hydrogen-bond acceptors (Lipinski definition) is 12. The van der Waals surface area contributed by atoms with Gasteiger partial charge in [0.15, 0.2) is 5.78 Å². The van der Waals surface area contributed by atoms with Crippen molar-refractivity contribution in [1.82, 2.24) is 0 Å². The smallest absolute Gasteiger partial charge is 0.202 e. The van der Waals surface area contributed by atoms with Crippen molar-refractivity contribution in [3.63, 3.8) is 0 Å². The molecule has 0 heterocycles. The number of ketones is 2. The second kappa shape index (κ2) is 19.0. The standard InChI is InChI=1S/C44H52N2O10/c1-27-21-33(55-19-17-49)22-28(2)41(27)45(13-5-7-15-47)31-9-11-35(37(51)25-31)39-43(53)40(44(39)54)36-12-10-32(26-38(36)52)46(14-6-8-16-48)42-29(3)23-34(24-30(42)4)56-20-18-50/h9-12,21-26,47-51,53H,5-8,13-20H2,1-4H3/b40-36+. The highest BCUT2D eigenvalue weighted by molar-refractivity contribution is 6.41. The van der Waals surface area contributed by atoms with Crippen LogP contribution in [-0.4, -0.2) is 94.9 Å². The van der Waals surface area contributed by atoms with Gasteiger partial charge in [0, 0.05) is 72.3 Å². The van der Waals surface area contributed by atoms with E-state index in [1.807, 2.05) is 61.8 Å². The fourth-order valence-corrected chi connectivity index (χ4v) is 7.37. The Morgan fingerprint density at radius 1 is 0.607 bits per heavy atom. The van der Waals surface area contributed by atoms with Gasteiger partial charge in [0.25, 0.3) is 0 Å². The minimum atomic E-state index is -0.565. The number of carbonyl (C=O) groups is 2. The second-order valence-electron chi connectivity index (χ2n) is 13.9. The van der Waals surface area contributed by atoms with Gasteiger partial charge in [-0.1, -0.05) is 0 Å². The SMILES string of the molecule is Cc1cc(OCCO)cc(C)c1N(CCCCO)C1=CC(=O)/C(=C2/C(=O)C(c3ccc(N(CCCCO)c4c(C)cc(OCCO)cc4C)cc3O)=C2O)C=C1. The maximum Gasteiger partial charge on any atom is 0.202 e. The van der Waals surface area contributed by atoms with Crippen LogP contribution < -0.4 is 19.3 Å². The Kier molecular flexibility index (Phi) is 14.1. The van der Waals surface area contributed by atoms with E-state index in [1.165, 1.54) is 18.2 Å². The van der Waals surface area contributed by atoms with E-state index in [4.69, 9.17) is 9.47 Å². The van der Waals surface area contributed by atoms with Crippen molar-refractivity contribution in [1.29, 1.82) is 0 Å². The fraction of sp³-hybridized carbons (Fsp3) is 0.364. The number of unbranched alkanes of at least 4 members (excludes halogenated alkanes) is 2. The van der Waals surface area contributed by atoms with Crippen LogP contribution in [0.5, 0.6) is 17.2 Å². The maximum absolute atomic E-state index is 13.7. The summed E-state index contributed by atoms with van der Waals surface area (Å²) in [4.78, 5) is 31.4. The lowest BCUT2D eigenvalue weighted by molar-refractivity contribution is -0.114. The van der Waals surface area contributed by atoms with Gasteiger partial charge in [0.2, 0.25) is 5.78 Å². The topological polar surface area (TPSA) is 180 Å². The number of anilines is 3. The van der Waals surface area contributed by atoms with Crippen LogP contribution in [0.4, 0.5) is 17.1 Å². The molecule has 0 amide bonds. The zero-order valence-corrected chi connectivity index (χ0v) is 32.5. The van der Waals surface area contributed by atoms with Crippen LogP contribution >= 0.6 is 0 Å². The number of phenolic OH excluding ortho intramolecular Hbond substituents is 1. The predicted octanol–water partition coefficient (Wildman–Crippen LogP) is 5.73. The lowest BCUT2D eigenvalue weighted by Gasteiger charge is -2.31. The Hall–Kier alpha value is -5.40. The van der Waals surface area contributed by atoms with E-state index in [-0.39, 0.29) is 73.4 Å². The summed E-state index contributed by atoms with van der Waals surface area (Å²) in [7, 11) is 0. The van der Waals surface area contributed by atoms with Gasteiger partial charge in [-0.25, -0.2) is 0 Å². The first-order valence-electron chi connectivity index (χ1n) is 18.9. The van der Waals surface area contributed by atoms with Gasteiger partial charge in [-0.15, -0.1) is 0 Å². The van der Waals surface area contributed by atoms with E-state index in [1.54, 1.807) is 18.2 Å². The monoisotopic (exact) mass is 768 g/mol. The van der Waals surface area contributed by atoms with Crippen molar-refractivity contribution in [2.45, 2.75) is 53.4 Å². The number of carbonyl (C=O) groups excluding carboxylic acids is 2. The Bertz CT molecular complexity index is 2030. The molecule has 0 aromatic heterocycles. The minimum absolute atomic E-state index is 0.0245. The first-order valence-corrected chi connectivity index (χ1v) is 18.9. The molecule has 0 aliphatic heterocycles. The zero-order chi connectivity index (χ0) is 40.5. The van der Waals surface area contributed by atoms with Crippen LogP contribution in [0.25, 0.3) is 5.57 Å². The summed E-state index contributed by atoms with van der Waals surface area (Å²) in [5.74, 6) is -0.391. The van der Waals surface area contributed by atoms with Crippen molar-refractivity contribution in [3.8, 4) is 17.2 Å². The van der Waals surface area contributed by atoms with Crippen LogP contribution in [-0.2, 0) is 9.59 Å². The molecular formula is C44H52N2O10. The first kappa shape index (κ1) is 41.8. The van der Waals surface area contributed by atoms with Gasteiger partial charge in [0.05, 0.1) is 24.4 Å². The average molecular weight is 769 g/mol. The highest BCUT2D eigenvalue weighted by Crippen LogP contribution is 2.44. The summed E-state index contributed by atoms with van der Waals surface area (Å²) in [6.07, 6.45) is 7.12. The molecule has 0 saturated carbocycles. The van der Waals surface area contributed by atoms with Crippen molar-refractivity contribution in [2.24, 2.45) is 0 Å². The fourth-order valence-electron chi connectivity index (χ4n) is 7.37. The molecule has 12 nitrogen and oxygen atoms in total. The van der Waals surface area contributed by atoms with Crippen LogP contribution in [0.2, 0.25) is 0 Å². The van der Waals surface area contributed by atoms with E-state index in [2.05, 4.69) is 0 Å². The van der Waals surface area contributed by atoms with Crippen molar-refractivity contribution >= 4 is 34.2 Å². The zero-order valence-electron chi connectivity index (χ0n) is 32.5. The molecule has 0 radical (unpaired) electrons. The normalized spacial score (nSPS) is 15.2. The molecule has 6 N–H and O–H groups in total. The van der Waals surface area contributed by atoms with Gasteiger partial charge in [-0.2, -0.15) is 0 Å². The van der Waals surface area contributed by atoms with Crippen LogP contribution in [0, 0.1) is 27.7 Å². The number of allylic oxidation sites excluding steroid dienone is 6. The van der Waals surface area contributed by atoms with E-state index >= 15 is 0 Å². The molecule has 12 heteroatoms. The van der Waals surface area contributed by atoms with Gasteiger partial charge >= 0.3 is 0 Å². The number of aromatic hydroxyl groups is 1. The molecule has 0 atom stereocenters. The minimum Gasteiger partial charge on any atom is -0.507 e. The number of aliphatic hydroxyl groups excluding tert-OH is 5. The maximum atomic E-state index is 13.7. The lowest BCUT2D eigenvalue weighted by Crippen LogP contribution is -2.29. The molecule has 0 bridgehead atoms. The molecular weight excluding hydrogens is 716 g/mol. The molecule has 2 aliphatic rings. The van der Waals surface area contributed by atoms with E-state index in [0.717, 1.165) is 33.6 Å². The highest BCUT2D eigenvalue weighted by Gasteiger charge is 2.40. The molecule has 56 heavy (non-hydrogen) atoms. The summed E-state index contributed by atoms with van der Waals surface area (Å²) < 4.78 is 11.3. The lowest BCUT2D eigenvalue weighted by atomic mass is 9.79. The van der Waals surface area contributed by atoms with Crippen molar-refractivity contribution in [2.75, 3.05) is 62.5 Å². The van der Waals surface area contributed by atoms with Crippen LogP contribution in [0.3, 0.4) is 0 Å². The number of phenols is 1. The third kappa shape index (κ3) is 9.00. The second-order valence-corrected chi connectivity index (χ2v) is 13.9. The molecule has 3 aromatic rings. The van der Waals surface area contributed by atoms with Gasteiger partial charge in [-0.3, -0.25) is 9.59 Å². The number of hydrogen-bond donors (Lipinski definition) is 6. The summed E-state index contributed by atoms with van der Waals surface area (Å²) in [5.41, 5.74) is 6.51. The number of nitrogens with zero attached hydrogens (tertiary/aromatic N) is 2. The molecule has 2 aliphatic carbocycles. The van der Waals surface area contributed by atoms with Crippen LogP contribution in [0.1, 0.15) is 53.5 Å². The average Bonchev–Trinajstić information content (AvgIpc) is 3.16. The summed E-state index contributed by atoms with van der Waals surface area (Å²) >= 11 is 0. The van der Waals surface area contributed by atoms with Crippen molar-refractivity contribution in [3.05, 3.63) is 111 Å². The van der Waals surface area contributed by atoms with E-state index < -0.39 is 11.6 Å². The molecule has 3 aromatic carbocycles. The van der Waals surface area contributed by atoms with Crippen LogP contribution in [0.15, 0.2) is 83.3 Å². The number of ether oxygens (including phenoxy) is 2. The third-order valence-corrected chi connectivity index (χ3v) is 9.80. The number of aryl methyl sites for hydroxylation is 4. The number of Topliss-reactive ketones (excluding diaryl/α,β-unsaturated/α-hetero) is 1. The number of aliphatic hydroxyl groups is 5. The Morgan fingerprint density at radius 2 is 1.12 bits per heavy atom. The molecule has 298 valence electrons. The summed E-state index contributed by atoms with van der Waals surface area (Å²) in [6.45, 7) is 8.93. The first-order chi connectivity index (χ1) is 26.9. The van der Waals surface area contributed by atoms with E-state index in [9.17, 15) is 40.2 Å². The predicted molar refractivity (Wildman–Crippen MR) is 216 cm³/mol. The van der Waals surface area contributed by atoms with Gasteiger partial charge < -0.3 is 49.9 Å². The molecule has 5 rings (SSSR count). The number of rotatable bonds is 19. The Labute approximate surface area is 327 Å². The van der Waals surface area contributed by atoms with Gasteiger partial charge in [-0.05, 0) is 124 Å². The Balaban J connectivity index is 1.45. The van der Waals surface area contributed by atoms with Crippen molar-refractivity contribution < 1.29 is 49.7 Å². The molecule has 0 fully saturated rings. The largest absolute Gasteiger partial charge is 0.507 e. The quantitative estimate of drug-likeness (QED) is 0.0646. The highest BCUT2D eigenvalue weighted by atomic mass is 16.5. The molecule has 0 spiro atoms. The molecule has 0 unspecified atom stereocenters. The Morgan fingerprint density at radius 3 is 1.59 bits per heavy atom. The number of benzene rings is 3. The molecule has 0 saturated heterocycles. The van der Waals surface area contributed by atoms with Gasteiger partial charge in [0.1, 0.15) is 36.2 Å². The third-order valence-electron chi connectivity index (χ3n) is 9.80. The summed E-state index contributed by atoms with van der Waals surface area (Å²) in [5, 5.41) is 59.9.